The van der Waals surface area contributed by atoms with Gasteiger partial charge in [-0.1, -0.05) is 0 Å². The van der Waals surface area contributed by atoms with Crippen molar-refractivity contribution in [3.63, 3.8) is 0 Å². The van der Waals surface area contributed by atoms with E-state index in [0.29, 0.717) is 6.04 Å². The Hall–Kier alpha value is 0.500. The van der Waals surface area contributed by atoms with Crippen LogP contribution in [0.5, 0.6) is 0 Å². The van der Waals surface area contributed by atoms with Crippen LogP contribution in [0.3, 0.4) is 0 Å². The lowest BCUT2D eigenvalue weighted by molar-refractivity contribution is 0.271. The molecular formula is C8H15Cl2N2. The van der Waals surface area contributed by atoms with Crippen LogP contribution >= 0.6 is 23.2 Å². The summed E-state index contributed by atoms with van der Waals surface area (Å²) in [4.78, 5) is 2.13. The van der Waals surface area contributed by atoms with Crippen LogP contribution in [0.1, 0.15) is 12.8 Å². The molecule has 0 spiro atoms. The van der Waals surface area contributed by atoms with E-state index in [0.717, 1.165) is 19.4 Å². The van der Waals surface area contributed by atoms with Gasteiger partial charge in [-0.3, -0.25) is 0 Å². The molecule has 71 valence electrons. The van der Waals surface area contributed by atoms with E-state index in [-0.39, 0.29) is 10.9 Å². The molecule has 1 fully saturated rings. The maximum absolute atomic E-state index is 6.17. The van der Waals surface area contributed by atoms with Gasteiger partial charge in [0.1, 0.15) is 5.50 Å². The van der Waals surface area contributed by atoms with E-state index in [1.807, 2.05) is 14.1 Å². The van der Waals surface area contributed by atoms with Gasteiger partial charge in [-0.25, -0.2) is 5.32 Å². The van der Waals surface area contributed by atoms with E-state index in [1.165, 1.54) is 0 Å². The molecule has 2 nitrogen and oxygen atoms in total. The molecule has 0 aliphatic carbocycles. The molecule has 2 unspecified atom stereocenters. The molecule has 1 aliphatic heterocycles. The molecule has 3 atom stereocenters. The number of hydrogen-bond acceptors (Lipinski definition) is 1. The quantitative estimate of drug-likeness (QED) is 0.473. The molecule has 1 rings (SSSR count). The number of alkyl halides is 2. The molecule has 1 radical (unpaired) electrons. The highest BCUT2D eigenvalue weighted by molar-refractivity contribution is 6.30. The van der Waals surface area contributed by atoms with Gasteiger partial charge < -0.3 is 4.90 Å². The molecule has 0 aromatic rings. The van der Waals surface area contributed by atoms with Crippen molar-refractivity contribution < 1.29 is 0 Å². The largest absolute Gasteiger partial charge is 0.305 e. The molecule has 12 heavy (non-hydrogen) atoms. The van der Waals surface area contributed by atoms with Crippen molar-refractivity contribution in [1.29, 1.82) is 0 Å². The zero-order valence-electron chi connectivity index (χ0n) is 7.50. The Morgan fingerprint density at radius 1 is 1.33 bits per heavy atom. The monoisotopic (exact) mass is 209 g/mol. The Morgan fingerprint density at radius 2 is 2.00 bits per heavy atom. The van der Waals surface area contributed by atoms with E-state index < -0.39 is 0 Å². The molecule has 0 bridgehead atoms. The topological polar surface area (TPSA) is 17.3 Å². The van der Waals surface area contributed by atoms with Gasteiger partial charge in [0.05, 0.1) is 5.38 Å². The summed E-state index contributed by atoms with van der Waals surface area (Å²) >= 11 is 12.2. The Balaban J connectivity index is 2.58. The number of hydrogen-bond donors (Lipinski definition) is 0. The SMILES string of the molecule is CN(C)[C@@H]1CCC[N]C(Cl)C1Cl. The van der Waals surface area contributed by atoms with Crippen molar-refractivity contribution in [2.75, 3.05) is 20.6 Å². The maximum atomic E-state index is 6.17. The Bertz CT molecular complexity index is 141. The molecule has 0 aromatic heterocycles. The van der Waals surface area contributed by atoms with Crippen molar-refractivity contribution in [2.24, 2.45) is 0 Å². The second-order valence-electron chi connectivity index (χ2n) is 3.40. The van der Waals surface area contributed by atoms with E-state index in [1.54, 1.807) is 0 Å². The first kappa shape index (κ1) is 10.6. The van der Waals surface area contributed by atoms with Crippen molar-refractivity contribution >= 4 is 23.2 Å². The predicted molar refractivity (Wildman–Crippen MR) is 53.0 cm³/mol. The first-order valence-electron chi connectivity index (χ1n) is 4.24. The van der Waals surface area contributed by atoms with Crippen molar-refractivity contribution in [3.05, 3.63) is 0 Å². The van der Waals surface area contributed by atoms with Crippen LogP contribution in [-0.4, -0.2) is 42.5 Å². The van der Waals surface area contributed by atoms with Gasteiger partial charge in [-0.15, -0.1) is 23.2 Å². The highest BCUT2D eigenvalue weighted by Gasteiger charge is 2.30. The van der Waals surface area contributed by atoms with Gasteiger partial charge >= 0.3 is 0 Å². The van der Waals surface area contributed by atoms with Crippen LogP contribution in [0, 0.1) is 0 Å². The molecular weight excluding hydrogens is 195 g/mol. The van der Waals surface area contributed by atoms with Gasteiger partial charge in [0.15, 0.2) is 0 Å². The zero-order chi connectivity index (χ0) is 9.14. The first-order chi connectivity index (χ1) is 5.63. The van der Waals surface area contributed by atoms with Crippen molar-refractivity contribution in [1.82, 2.24) is 10.2 Å². The third kappa shape index (κ3) is 2.49. The summed E-state index contributed by atoms with van der Waals surface area (Å²) in [7, 11) is 4.07. The summed E-state index contributed by atoms with van der Waals surface area (Å²) in [5, 5.41) is 4.19. The van der Waals surface area contributed by atoms with Gasteiger partial charge in [-0.2, -0.15) is 0 Å². The molecule has 4 heteroatoms. The van der Waals surface area contributed by atoms with Crippen LogP contribution in [0.2, 0.25) is 0 Å². The van der Waals surface area contributed by atoms with Crippen LogP contribution in [0.4, 0.5) is 0 Å². The molecule has 0 amide bonds. The van der Waals surface area contributed by atoms with E-state index in [4.69, 9.17) is 23.2 Å². The van der Waals surface area contributed by atoms with Crippen LogP contribution in [-0.2, 0) is 0 Å². The average molecular weight is 210 g/mol. The molecule has 1 heterocycles. The lowest BCUT2D eigenvalue weighted by atomic mass is 10.1. The Morgan fingerprint density at radius 3 is 2.58 bits per heavy atom. The summed E-state index contributed by atoms with van der Waals surface area (Å²) in [6, 6.07) is 0.361. The molecule has 0 saturated carbocycles. The van der Waals surface area contributed by atoms with Crippen LogP contribution in [0.25, 0.3) is 0 Å². The van der Waals surface area contributed by atoms with Gasteiger partial charge in [-0.05, 0) is 26.9 Å². The summed E-state index contributed by atoms with van der Waals surface area (Å²) in [6.07, 6.45) is 2.18. The first-order valence-corrected chi connectivity index (χ1v) is 5.11. The summed E-state index contributed by atoms with van der Waals surface area (Å²) in [5.74, 6) is 0. The summed E-state index contributed by atoms with van der Waals surface area (Å²) in [5.41, 5.74) is -0.221. The van der Waals surface area contributed by atoms with Gasteiger partial charge in [0.25, 0.3) is 0 Å². The van der Waals surface area contributed by atoms with Crippen molar-refractivity contribution in [2.45, 2.75) is 29.8 Å². The highest BCUT2D eigenvalue weighted by atomic mass is 35.5. The molecule has 0 N–H and O–H groups in total. The number of rotatable bonds is 1. The highest BCUT2D eigenvalue weighted by Crippen LogP contribution is 2.22. The van der Waals surface area contributed by atoms with E-state index in [2.05, 4.69) is 10.2 Å². The lowest BCUT2D eigenvalue weighted by Crippen LogP contribution is -2.41. The average Bonchev–Trinajstić information content (AvgIpc) is 2.15. The Labute approximate surface area is 84.2 Å². The fraction of sp³-hybridized carbons (Fsp3) is 1.00. The zero-order valence-corrected chi connectivity index (χ0v) is 9.02. The smallest absolute Gasteiger partial charge is 0.116 e. The lowest BCUT2D eigenvalue weighted by Gasteiger charge is -2.28. The summed E-state index contributed by atoms with van der Waals surface area (Å²) in [6.45, 7) is 0.849. The van der Waals surface area contributed by atoms with E-state index >= 15 is 0 Å². The third-order valence-electron chi connectivity index (χ3n) is 2.26. The third-order valence-corrected chi connectivity index (χ3v) is 3.32. The molecule has 0 aromatic carbocycles. The standard InChI is InChI=1S/C8H15Cl2N2/c1-12(2)6-4-3-5-11-8(10)7(6)9/h6-8H,3-5H2,1-2H3/t6-,7?,8?/m1/s1. The second-order valence-corrected chi connectivity index (χ2v) is 4.35. The maximum Gasteiger partial charge on any atom is 0.116 e. The Kier molecular flexibility index (Phi) is 4.11. The van der Waals surface area contributed by atoms with Crippen LogP contribution in [0.15, 0.2) is 0 Å². The minimum absolute atomic E-state index is 0.0517. The van der Waals surface area contributed by atoms with Gasteiger partial charge in [0, 0.05) is 12.6 Å². The van der Waals surface area contributed by atoms with Crippen molar-refractivity contribution in [3.8, 4) is 0 Å². The minimum atomic E-state index is -0.221. The number of nitrogens with zero attached hydrogens (tertiary/aromatic N) is 2. The number of halogens is 2. The molecule has 1 saturated heterocycles. The summed E-state index contributed by atoms with van der Waals surface area (Å²) < 4.78 is 0. The molecule has 1 aliphatic rings. The fourth-order valence-corrected chi connectivity index (χ4v) is 2.20. The second kappa shape index (κ2) is 4.66. The van der Waals surface area contributed by atoms with Crippen LogP contribution < -0.4 is 5.32 Å². The van der Waals surface area contributed by atoms with Gasteiger partial charge in [0.2, 0.25) is 0 Å². The van der Waals surface area contributed by atoms with E-state index in [9.17, 15) is 0 Å². The minimum Gasteiger partial charge on any atom is -0.305 e. The predicted octanol–water partition coefficient (Wildman–Crippen LogP) is 1.49. The fourth-order valence-electron chi connectivity index (χ4n) is 1.50. The normalized spacial score (nSPS) is 38.2.